The lowest BCUT2D eigenvalue weighted by Gasteiger charge is -2.17. The first-order valence-corrected chi connectivity index (χ1v) is 11.6. The summed E-state index contributed by atoms with van der Waals surface area (Å²) in [6.07, 6.45) is 3.85. The molecule has 0 saturated heterocycles. The largest absolute Gasteiger partial charge is 0.490 e. The molecular weight excluding hydrogens is 460 g/mol. The average molecular weight is 487 g/mol. The van der Waals surface area contributed by atoms with E-state index in [0.717, 1.165) is 16.7 Å². The van der Waals surface area contributed by atoms with Gasteiger partial charge in [-0.1, -0.05) is 60.1 Å². The number of amides is 1. The minimum absolute atomic E-state index is 0.00256. The van der Waals surface area contributed by atoms with Gasteiger partial charge in [0.05, 0.1) is 6.61 Å². The maximum atomic E-state index is 12.6. The van der Waals surface area contributed by atoms with Gasteiger partial charge in [-0.05, 0) is 60.4 Å². The smallest absolute Gasteiger partial charge is 0.262 e. The van der Waals surface area contributed by atoms with Gasteiger partial charge in [-0.15, -0.1) is 6.58 Å². The molecule has 0 saturated carbocycles. The van der Waals surface area contributed by atoms with E-state index in [2.05, 4.69) is 11.9 Å². The molecule has 0 radical (unpaired) electrons. The van der Waals surface area contributed by atoms with E-state index in [1.807, 2.05) is 73.7 Å². The number of carbonyl (C=O) groups is 1. The average Bonchev–Trinajstić information content (AvgIpc) is 2.87. The van der Waals surface area contributed by atoms with E-state index in [4.69, 9.17) is 21.1 Å². The number of halogens is 1. The van der Waals surface area contributed by atoms with Crippen molar-refractivity contribution in [3.05, 3.63) is 112 Å². The second kappa shape index (κ2) is 13.0. The zero-order chi connectivity index (χ0) is 25.0. The molecular formula is C29H27ClN2O3. The second-order valence-electron chi connectivity index (χ2n) is 7.69. The summed E-state index contributed by atoms with van der Waals surface area (Å²) in [6.45, 7) is 6.83. The van der Waals surface area contributed by atoms with Crippen molar-refractivity contribution in [1.82, 2.24) is 5.32 Å². The van der Waals surface area contributed by atoms with Gasteiger partial charge in [0.2, 0.25) is 0 Å². The van der Waals surface area contributed by atoms with Crippen LogP contribution in [0.1, 0.15) is 29.2 Å². The summed E-state index contributed by atoms with van der Waals surface area (Å²) in [6, 6.07) is 22.6. The van der Waals surface area contributed by atoms with E-state index >= 15 is 0 Å². The molecule has 0 aliphatic rings. The standard InChI is InChI=1S/C29H27ClN2O3/c1-3-8-24-15-23(16-25(18-31)29(33)32-19-21-9-6-5-7-10-21)17-27(34-4-2)28(24)35-20-22-11-13-26(30)14-12-22/h3,5-7,9-17H,1,4,8,19-20H2,2H3,(H,32,33)/b25-16-. The van der Waals surface area contributed by atoms with Crippen molar-refractivity contribution in [1.29, 1.82) is 5.26 Å². The van der Waals surface area contributed by atoms with Crippen LogP contribution in [-0.4, -0.2) is 12.5 Å². The van der Waals surface area contributed by atoms with Crippen molar-refractivity contribution < 1.29 is 14.3 Å². The molecule has 0 aliphatic carbocycles. The van der Waals surface area contributed by atoms with Crippen molar-refractivity contribution in [2.75, 3.05) is 6.61 Å². The molecule has 35 heavy (non-hydrogen) atoms. The SMILES string of the molecule is C=CCc1cc(/C=C(/C#N)C(=O)NCc2ccccc2)cc(OCC)c1OCc1ccc(Cl)cc1. The summed E-state index contributed by atoms with van der Waals surface area (Å²) < 4.78 is 12.0. The molecule has 5 nitrogen and oxygen atoms in total. The second-order valence-corrected chi connectivity index (χ2v) is 8.12. The van der Waals surface area contributed by atoms with E-state index in [1.54, 1.807) is 18.2 Å². The highest BCUT2D eigenvalue weighted by Gasteiger charge is 2.15. The first-order chi connectivity index (χ1) is 17.0. The normalized spacial score (nSPS) is 10.8. The van der Waals surface area contributed by atoms with Gasteiger partial charge in [-0.25, -0.2) is 0 Å². The quantitative estimate of drug-likeness (QED) is 0.197. The number of benzene rings is 3. The lowest BCUT2D eigenvalue weighted by atomic mass is 10.0. The first-order valence-electron chi connectivity index (χ1n) is 11.3. The van der Waals surface area contributed by atoms with Gasteiger partial charge in [-0.3, -0.25) is 4.79 Å². The summed E-state index contributed by atoms with van der Waals surface area (Å²) in [5.41, 5.74) is 3.42. The van der Waals surface area contributed by atoms with Crippen molar-refractivity contribution in [3.63, 3.8) is 0 Å². The molecule has 0 heterocycles. The van der Waals surface area contributed by atoms with Crippen LogP contribution in [0, 0.1) is 11.3 Å². The molecule has 0 unspecified atom stereocenters. The number of hydrogen-bond donors (Lipinski definition) is 1. The molecule has 0 fully saturated rings. The van der Waals surface area contributed by atoms with Gasteiger partial charge in [0.25, 0.3) is 5.91 Å². The molecule has 0 aromatic heterocycles. The summed E-state index contributed by atoms with van der Waals surface area (Å²) >= 11 is 5.98. The number of nitriles is 1. The van der Waals surface area contributed by atoms with Crippen LogP contribution in [0.5, 0.6) is 11.5 Å². The van der Waals surface area contributed by atoms with Crippen LogP contribution in [0.25, 0.3) is 6.08 Å². The topological polar surface area (TPSA) is 71.4 Å². The van der Waals surface area contributed by atoms with Crippen LogP contribution in [0.4, 0.5) is 0 Å². The third kappa shape index (κ3) is 7.49. The predicted octanol–water partition coefficient (Wildman–Crippen LogP) is 6.27. The number of ether oxygens (including phenoxy) is 2. The van der Waals surface area contributed by atoms with Crippen LogP contribution in [0.15, 0.2) is 85.0 Å². The molecule has 1 N–H and O–H groups in total. The third-order valence-corrected chi connectivity index (χ3v) is 5.34. The summed E-state index contributed by atoms with van der Waals surface area (Å²) in [4.78, 5) is 12.6. The van der Waals surface area contributed by atoms with Gasteiger partial charge >= 0.3 is 0 Å². The van der Waals surface area contributed by atoms with Gasteiger partial charge < -0.3 is 14.8 Å². The Labute approximate surface area is 211 Å². The summed E-state index contributed by atoms with van der Waals surface area (Å²) in [7, 11) is 0. The number of allylic oxidation sites excluding steroid dienone is 1. The minimum atomic E-state index is -0.442. The van der Waals surface area contributed by atoms with E-state index in [1.165, 1.54) is 0 Å². The van der Waals surface area contributed by atoms with E-state index in [9.17, 15) is 10.1 Å². The van der Waals surface area contributed by atoms with Crippen molar-refractivity contribution in [3.8, 4) is 17.6 Å². The lowest BCUT2D eigenvalue weighted by Crippen LogP contribution is -2.23. The number of nitrogens with zero attached hydrogens (tertiary/aromatic N) is 1. The highest BCUT2D eigenvalue weighted by atomic mass is 35.5. The fourth-order valence-corrected chi connectivity index (χ4v) is 3.55. The Morgan fingerprint density at radius 3 is 2.49 bits per heavy atom. The fourth-order valence-electron chi connectivity index (χ4n) is 3.43. The summed E-state index contributed by atoms with van der Waals surface area (Å²) in [5, 5.41) is 13.1. The lowest BCUT2D eigenvalue weighted by molar-refractivity contribution is -0.117. The van der Waals surface area contributed by atoms with Crippen molar-refractivity contribution >= 4 is 23.6 Å². The molecule has 178 valence electrons. The van der Waals surface area contributed by atoms with Gasteiger partial charge in [0, 0.05) is 17.1 Å². The van der Waals surface area contributed by atoms with Crippen LogP contribution in [-0.2, 0) is 24.4 Å². The Kier molecular flexibility index (Phi) is 9.53. The van der Waals surface area contributed by atoms with E-state index in [-0.39, 0.29) is 5.57 Å². The number of rotatable bonds is 11. The van der Waals surface area contributed by atoms with Gasteiger partial charge in [0.15, 0.2) is 11.5 Å². The molecule has 3 aromatic carbocycles. The zero-order valence-corrected chi connectivity index (χ0v) is 20.3. The molecule has 0 atom stereocenters. The van der Waals surface area contributed by atoms with Crippen LogP contribution in [0.3, 0.4) is 0 Å². The van der Waals surface area contributed by atoms with Gasteiger partial charge in [0.1, 0.15) is 18.2 Å². The number of hydrogen-bond acceptors (Lipinski definition) is 4. The minimum Gasteiger partial charge on any atom is -0.490 e. The van der Waals surface area contributed by atoms with Crippen LogP contribution < -0.4 is 14.8 Å². The van der Waals surface area contributed by atoms with Gasteiger partial charge in [-0.2, -0.15) is 5.26 Å². The maximum absolute atomic E-state index is 12.6. The van der Waals surface area contributed by atoms with Crippen molar-refractivity contribution in [2.24, 2.45) is 0 Å². The molecule has 1 amide bonds. The third-order valence-electron chi connectivity index (χ3n) is 5.09. The monoisotopic (exact) mass is 486 g/mol. The zero-order valence-electron chi connectivity index (χ0n) is 19.6. The Hall–Kier alpha value is -4.01. The maximum Gasteiger partial charge on any atom is 0.262 e. The number of carbonyl (C=O) groups excluding carboxylic acids is 1. The molecule has 6 heteroatoms. The Bertz CT molecular complexity index is 1230. The molecule has 0 bridgehead atoms. The van der Waals surface area contributed by atoms with E-state index < -0.39 is 5.91 Å². The highest BCUT2D eigenvalue weighted by molar-refractivity contribution is 6.30. The van der Waals surface area contributed by atoms with E-state index in [0.29, 0.717) is 48.3 Å². The molecule has 0 aliphatic heterocycles. The fraction of sp³-hybridized carbons (Fsp3) is 0.172. The molecule has 0 spiro atoms. The van der Waals surface area contributed by atoms with Crippen LogP contribution >= 0.6 is 11.6 Å². The molecule has 3 rings (SSSR count). The number of nitrogens with one attached hydrogen (secondary N) is 1. The highest BCUT2D eigenvalue weighted by Crippen LogP contribution is 2.35. The first kappa shape index (κ1) is 25.6. The Morgan fingerprint density at radius 2 is 1.83 bits per heavy atom. The summed E-state index contributed by atoms with van der Waals surface area (Å²) in [5.74, 6) is 0.697. The van der Waals surface area contributed by atoms with Crippen LogP contribution in [0.2, 0.25) is 5.02 Å². The Morgan fingerprint density at radius 1 is 1.09 bits per heavy atom. The Balaban J connectivity index is 1.86. The van der Waals surface area contributed by atoms with Crippen molar-refractivity contribution in [2.45, 2.75) is 26.5 Å². The molecule has 3 aromatic rings. The predicted molar refractivity (Wildman–Crippen MR) is 139 cm³/mol.